The fourth-order valence-corrected chi connectivity index (χ4v) is 2.48. The summed E-state index contributed by atoms with van der Waals surface area (Å²) in [6.45, 7) is 3.53. The summed E-state index contributed by atoms with van der Waals surface area (Å²) >= 11 is 0. The van der Waals surface area contributed by atoms with Crippen LogP contribution in [0, 0.1) is 0 Å². The van der Waals surface area contributed by atoms with Gasteiger partial charge < -0.3 is 24.9 Å². The first-order valence-electron chi connectivity index (χ1n) is 9.49. The smallest absolute Gasteiger partial charge is 0.434 e. The number of nitrogens with one attached hydrogen (secondary N) is 2. The Kier molecular flexibility index (Phi) is 8.56. The first kappa shape index (κ1) is 22.6. The van der Waals surface area contributed by atoms with E-state index in [9.17, 15) is 19.2 Å². The highest BCUT2D eigenvalue weighted by atomic mass is 16.7. The maximum atomic E-state index is 12.5. The molecule has 0 saturated carbocycles. The standard InChI is InChI=1S/C22H24N2O6/c1-3-29-22(28)30-18-11-9-16(10-12-18)21(27)24-19-7-5-4-6-17(19)14-23-20(26)13-8-15(2)25/h4-7,9-12H,3,8,13-14H2,1-2H3,(H,23,26)(H,24,27). The summed E-state index contributed by atoms with van der Waals surface area (Å²) < 4.78 is 9.66. The van der Waals surface area contributed by atoms with Gasteiger partial charge >= 0.3 is 6.16 Å². The van der Waals surface area contributed by atoms with Crippen molar-refractivity contribution in [1.29, 1.82) is 0 Å². The molecular formula is C22H24N2O6. The second-order valence-electron chi connectivity index (χ2n) is 6.40. The molecule has 8 heteroatoms. The van der Waals surface area contributed by atoms with Crippen LogP contribution in [0.2, 0.25) is 0 Å². The van der Waals surface area contributed by atoms with Crippen molar-refractivity contribution in [2.75, 3.05) is 11.9 Å². The van der Waals surface area contributed by atoms with Crippen LogP contribution in [0.3, 0.4) is 0 Å². The number of carbonyl (C=O) groups is 4. The Morgan fingerprint density at radius 3 is 2.30 bits per heavy atom. The van der Waals surface area contributed by atoms with E-state index in [1.54, 1.807) is 31.2 Å². The normalized spacial score (nSPS) is 10.1. The molecule has 2 aromatic rings. The summed E-state index contributed by atoms with van der Waals surface area (Å²) in [7, 11) is 0. The lowest BCUT2D eigenvalue weighted by Gasteiger charge is -2.12. The van der Waals surface area contributed by atoms with Crippen molar-refractivity contribution < 1.29 is 28.7 Å². The van der Waals surface area contributed by atoms with E-state index in [1.807, 2.05) is 0 Å². The minimum atomic E-state index is -0.811. The minimum absolute atomic E-state index is 0.0449. The van der Waals surface area contributed by atoms with Crippen LogP contribution in [0.5, 0.6) is 5.75 Å². The van der Waals surface area contributed by atoms with Crippen LogP contribution >= 0.6 is 0 Å². The first-order chi connectivity index (χ1) is 14.4. The highest BCUT2D eigenvalue weighted by molar-refractivity contribution is 6.04. The molecule has 0 saturated heterocycles. The van der Waals surface area contributed by atoms with E-state index >= 15 is 0 Å². The van der Waals surface area contributed by atoms with Crippen LogP contribution in [0.4, 0.5) is 10.5 Å². The van der Waals surface area contributed by atoms with Gasteiger partial charge in [-0.3, -0.25) is 9.59 Å². The lowest BCUT2D eigenvalue weighted by molar-refractivity contribution is -0.124. The van der Waals surface area contributed by atoms with Crippen molar-refractivity contribution in [3.8, 4) is 5.75 Å². The molecule has 0 aliphatic carbocycles. The van der Waals surface area contributed by atoms with Gasteiger partial charge in [-0.05, 0) is 49.7 Å². The predicted molar refractivity (Wildman–Crippen MR) is 110 cm³/mol. The summed E-state index contributed by atoms with van der Waals surface area (Å²) in [4.78, 5) is 46.7. The van der Waals surface area contributed by atoms with Gasteiger partial charge in [0.2, 0.25) is 5.91 Å². The number of rotatable bonds is 9. The number of Topliss-reactive ketones (excluding diaryl/α,β-unsaturated/α-hetero) is 1. The molecular weight excluding hydrogens is 388 g/mol. The van der Waals surface area contributed by atoms with Crippen LogP contribution in [0.1, 0.15) is 42.6 Å². The van der Waals surface area contributed by atoms with Crippen LogP contribution in [-0.4, -0.2) is 30.4 Å². The Bertz CT molecular complexity index is 908. The molecule has 0 aliphatic heterocycles. The van der Waals surface area contributed by atoms with Crippen molar-refractivity contribution in [1.82, 2.24) is 5.32 Å². The predicted octanol–water partition coefficient (Wildman–Crippen LogP) is 3.46. The molecule has 2 amide bonds. The number of benzene rings is 2. The van der Waals surface area contributed by atoms with Gasteiger partial charge in [0, 0.05) is 30.6 Å². The molecule has 0 spiro atoms. The Hall–Kier alpha value is -3.68. The van der Waals surface area contributed by atoms with E-state index in [2.05, 4.69) is 10.6 Å². The Morgan fingerprint density at radius 2 is 1.63 bits per heavy atom. The molecule has 0 atom stereocenters. The second-order valence-corrected chi connectivity index (χ2v) is 6.40. The zero-order valence-corrected chi connectivity index (χ0v) is 16.9. The van der Waals surface area contributed by atoms with E-state index in [0.717, 1.165) is 5.56 Å². The summed E-state index contributed by atoms with van der Waals surface area (Å²) in [5.41, 5.74) is 1.65. The fraction of sp³-hybridized carbons (Fsp3) is 0.273. The number of amides is 2. The molecule has 2 rings (SSSR count). The van der Waals surface area contributed by atoms with Crippen LogP contribution in [0.25, 0.3) is 0 Å². The quantitative estimate of drug-likeness (QED) is 0.482. The molecule has 158 valence electrons. The summed E-state index contributed by atoms with van der Waals surface area (Å²) in [6.07, 6.45) is -0.488. The van der Waals surface area contributed by atoms with Crippen molar-refractivity contribution >= 4 is 29.4 Å². The maximum Gasteiger partial charge on any atom is 0.513 e. The maximum absolute atomic E-state index is 12.5. The number of ketones is 1. The summed E-state index contributed by atoms with van der Waals surface area (Å²) in [6, 6.07) is 13.1. The number of anilines is 1. The van der Waals surface area contributed by atoms with Gasteiger partial charge in [-0.25, -0.2) is 4.79 Å². The zero-order valence-electron chi connectivity index (χ0n) is 16.9. The van der Waals surface area contributed by atoms with Crippen molar-refractivity contribution in [3.63, 3.8) is 0 Å². The minimum Gasteiger partial charge on any atom is -0.434 e. The SMILES string of the molecule is CCOC(=O)Oc1ccc(C(=O)Nc2ccccc2CNC(=O)CCC(C)=O)cc1. The molecule has 0 fully saturated rings. The van der Waals surface area contributed by atoms with Gasteiger partial charge in [0.1, 0.15) is 11.5 Å². The lowest BCUT2D eigenvalue weighted by atomic mass is 10.1. The number of hydrogen-bond acceptors (Lipinski definition) is 6. The van der Waals surface area contributed by atoms with Gasteiger partial charge in [0.25, 0.3) is 5.91 Å². The van der Waals surface area contributed by atoms with Crippen LogP contribution in [-0.2, 0) is 20.9 Å². The Balaban J connectivity index is 1.97. The third-order valence-electron chi connectivity index (χ3n) is 4.03. The third kappa shape index (κ3) is 7.38. The molecule has 0 bridgehead atoms. The topological polar surface area (TPSA) is 111 Å². The third-order valence-corrected chi connectivity index (χ3v) is 4.03. The first-order valence-corrected chi connectivity index (χ1v) is 9.49. The van der Waals surface area contributed by atoms with E-state index in [-0.39, 0.29) is 49.3 Å². The largest absolute Gasteiger partial charge is 0.513 e. The molecule has 8 nitrogen and oxygen atoms in total. The summed E-state index contributed by atoms with van der Waals surface area (Å²) in [5, 5.41) is 5.55. The monoisotopic (exact) mass is 412 g/mol. The lowest BCUT2D eigenvalue weighted by Crippen LogP contribution is -2.24. The zero-order chi connectivity index (χ0) is 21.9. The average molecular weight is 412 g/mol. The van der Waals surface area contributed by atoms with Crippen molar-refractivity contribution in [2.45, 2.75) is 33.2 Å². The molecule has 0 heterocycles. The summed E-state index contributed by atoms with van der Waals surface area (Å²) in [5.74, 6) is -0.369. The van der Waals surface area contributed by atoms with Crippen molar-refractivity contribution in [3.05, 3.63) is 59.7 Å². The van der Waals surface area contributed by atoms with Gasteiger partial charge in [-0.15, -0.1) is 0 Å². The average Bonchev–Trinajstić information content (AvgIpc) is 2.72. The highest BCUT2D eigenvalue weighted by Crippen LogP contribution is 2.18. The fourth-order valence-electron chi connectivity index (χ4n) is 2.48. The van der Waals surface area contributed by atoms with E-state index < -0.39 is 6.16 Å². The van der Waals surface area contributed by atoms with Gasteiger partial charge in [0.05, 0.1) is 6.61 Å². The van der Waals surface area contributed by atoms with Crippen LogP contribution < -0.4 is 15.4 Å². The van der Waals surface area contributed by atoms with E-state index in [1.165, 1.54) is 31.2 Å². The molecule has 30 heavy (non-hydrogen) atoms. The molecule has 0 unspecified atom stereocenters. The molecule has 2 aromatic carbocycles. The van der Waals surface area contributed by atoms with E-state index in [4.69, 9.17) is 9.47 Å². The van der Waals surface area contributed by atoms with Crippen molar-refractivity contribution in [2.24, 2.45) is 0 Å². The van der Waals surface area contributed by atoms with Gasteiger partial charge in [-0.1, -0.05) is 18.2 Å². The number of carbonyl (C=O) groups excluding carboxylic acids is 4. The second kappa shape index (κ2) is 11.4. The van der Waals surface area contributed by atoms with Gasteiger partial charge in [-0.2, -0.15) is 0 Å². The van der Waals surface area contributed by atoms with Gasteiger partial charge in [0.15, 0.2) is 0 Å². The molecule has 0 radical (unpaired) electrons. The molecule has 0 aliphatic rings. The Morgan fingerprint density at radius 1 is 0.933 bits per heavy atom. The number of hydrogen-bond donors (Lipinski definition) is 2. The Labute approximate surface area is 174 Å². The molecule has 0 aromatic heterocycles. The number of ether oxygens (including phenoxy) is 2. The van der Waals surface area contributed by atoms with Crippen LogP contribution in [0.15, 0.2) is 48.5 Å². The molecule has 2 N–H and O–H groups in total. The van der Waals surface area contributed by atoms with E-state index in [0.29, 0.717) is 11.3 Å². The number of para-hydroxylation sites is 1. The highest BCUT2D eigenvalue weighted by Gasteiger charge is 2.11.